The van der Waals surface area contributed by atoms with Crippen molar-refractivity contribution in [3.05, 3.63) is 41.9 Å². The molecule has 3 rings (SSSR count). The average molecular weight is 245 g/mol. The van der Waals surface area contributed by atoms with Crippen LogP contribution >= 0.6 is 0 Å². The monoisotopic (exact) mass is 245 g/mol. The molecule has 4 heteroatoms. The van der Waals surface area contributed by atoms with E-state index < -0.39 is 0 Å². The van der Waals surface area contributed by atoms with E-state index in [0.717, 1.165) is 37.1 Å². The van der Waals surface area contributed by atoms with Crippen LogP contribution in [0.3, 0.4) is 0 Å². The van der Waals surface area contributed by atoms with Gasteiger partial charge in [-0.1, -0.05) is 6.92 Å². The minimum atomic E-state index is 0.729. The Morgan fingerprint density at radius 1 is 1.50 bits per heavy atom. The van der Waals surface area contributed by atoms with Gasteiger partial charge in [0.15, 0.2) is 0 Å². The van der Waals surface area contributed by atoms with E-state index in [9.17, 15) is 0 Å². The van der Waals surface area contributed by atoms with Crippen molar-refractivity contribution in [2.24, 2.45) is 0 Å². The first-order chi connectivity index (χ1) is 8.86. The van der Waals surface area contributed by atoms with Crippen molar-refractivity contribution in [3.8, 4) is 0 Å². The molecule has 1 saturated carbocycles. The maximum absolute atomic E-state index is 5.60. The summed E-state index contributed by atoms with van der Waals surface area (Å²) in [6.45, 7) is 3.81. The van der Waals surface area contributed by atoms with Crippen molar-refractivity contribution in [2.45, 2.75) is 45.3 Å². The van der Waals surface area contributed by atoms with Crippen LogP contribution in [0.15, 0.2) is 29.1 Å². The predicted octanol–water partition coefficient (Wildman–Crippen LogP) is 2.34. The van der Waals surface area contributed by atoms with Gasteiger partial charge in [0.05, 0.1) is 12.8 Å². The Morgan fingerprint density at radius 2 is 2.39 bits per heavy atom. The first kappa shape index (κ1) is 11.5. The third-order valence-corrected chi connectivity index (χ3v) is 3.43. The van der Waals surface area contributed by atoms with Crippen LogP contribution in [0.4, 0.5) is 0 Å². The number of rotatable bonds is 6. The highest BCUT2D eigenvalue weighted by Crippen LogP contribution is 2.20. The van der Waals surface area contributed by atoms with Gasteiger partial charge >= 0.3 is 0 Å². The Morgan fingerprint density at radius 3 is 3.17 bits per heavy atom. The molecule has 0 amide bonds. The smallest absolute Gasteiger partial charge is 0.127 e. The van der Waals surface area contributed by atoms with E-state index in [1.165, 1.54) is 18.4 Å². The van der Waals surface area contributed by atoms with Gasteiger partial charge in [-0.3, -0.25) is 0 Å². The molecule has 2 heterocycles. The summed E-state index contributed by atoms with van der Waals surface area (Å²) in [4.78, 5) is 4.33. The van der Waals surface area contributed by atoms with Crippen LogP contribution in [0.2, 0.25) is 0 Å². The topological polar surface area (TPSA) is 43.0 Å². The van der Waals surface area contributed by atoms with E-state index in [1.54, 1.807) is 6.26 Å². The molecule has 1 aliphatic carbocycles. The maximum atomic E-state index is 5.60. The van der Waals surface area contributed by atoms with Crippen LogP contribution in [0, 0.1) is 0 Å². The fourth-order valence-electron chi connectivity index (χ4n) is 2.16. The van der Waals surface area contributed by atoms with Crippen LogP contribution in [0.1, 0.15) is 36.9 Å². The quantitative estimate of drug-likeness (QED) is 0.849. The van der Waals surface area contributed by atoms with E-state index in [2.05, 4.69) is 27.9 Å². The molecule has 1 fully saturated rings. The lowest BCUT2D eigenvalue weighted by atomic mass is 10.2. The largest absolute Gasteiger partial charge is 0.467 e. The Hall–Kier alpha value is -1.55. The number of nitrogens with zero attached hydrogens (tertiary/aromatic N) is 2. The van der Waals surface area contributed by atoms with Gasteiger partial charge in [-0.15, -0.1) is 0 Å². The van der Waals surface area contributed by atoms with Gasteiger partial charge in [-0.05, 0) is 18.9 Å². The highest BCUT2D eigenvalue weighted by atomic mass is 16.3. The summed E-state index contributed by atoms with van der Waals surface area (Å²) in [5, 5.41) is 3.52. The molecular formula is C14H19N3O. The number of aromatic nitrogens is 2. The standard InChI is InChI=1S/C14H19N3O/c1-2-14-15-6-7-17(14)10-13-11(5-8-18-13)9-16-12-3-4-12/h5-8,12,16H,2-4,9-10H2,1H3. The summed E-state index contributed by atoms with van der Waals surface area (Å²) in [7, 11) is 0. The lowest BCUT2D eigenvalue weighted by Gasteiger charge is -2.07. The molecule has 1 N–H and O–H groups in total. The Labute approximate surface area is 107 Å². The number of aryl methyl sites for hydroxylation is 1. The lowest BCUT2D eigenvalue weighted by Crippen LogP contribution is -2.16. The zero-order valence-corrected chi connectivity index (χ0v) is 10.7. The Balaban J connectivity index is 1.69. The van der Waals surface area contributed by atoms with E-state index in [4.69, 9.17) is 4.42 Å². The second-order valence-electron chi connectivity index (χ2n) is 4.85. The van der Waals surface area contributed by atoms with Gasteiger partial charge in [0.2, 0.25) is 0 Å². The van der Waals surface area contributed by atoms with Gasteiger partial charge < -0.3 is 14.3 Å². The Kier molecular flexibility index (Phi) is 3.19. The molecule has 2 aromatic rings. The first-order valence-electron chi connectivity index (χ1n) is 6.65. The summed E-state index contributed by atoms with van der Waals surface area (Å²) >= 11 is 0. The third-order valence-electron chi connectivity index (χ3n) is 3.43. The summed E-state index contributed by atoms with van der Waals surface area (Å²) in [6.07, 6.45) is 9.22. The Bertz CT molecular complexity index is 511. The van der Waals surface area contributed by atoms with Crippen molar-refractivity contribution < 1.29 is 4.42 Å². The lowest BCUT2D eigenvalue weighted by molar-refractivity contribution is 0.481. The second kappa shape index (κ2) is 4.98. The van der Waals surface area contributed by atoms with Crippen LogP contribution in [-0.2, 0) is 19.5 Å². The molecule has 2 aromatic heterocycles. The van der Waals surface area contributed by atoms with Gasteiger partial charge in [-0.2, -0.15) is 0 Å². The van der Waals surface area contributed by atoms with Gasteiger partial charge in [0.25, 0.3) is 0 Å². The number of hydrogen-bond donors (Lipinski definition) is 1. The molecule has 0 saturated heterocycles. The summed E-state index contributed by atoms with van der Waals surface area (Å²) < 4.78 is 7.75. The van der Waals surface area contributed by atoms with Crippen LogP contribution in [-0.4, -0.2) is 15.6 Å². The molecule has 0 aromatic carbocycles. The molecule has 0 spiro atoms. The fourth-order valence-corrected chi connectivity index (χ4v) is 2.16. The number of nitrogens with one attached hydrogen (secondary N) is 1. The molecular weight excluding hydrogens is 226 g/mol. The third kappa shape index (κ3) is 2.48. The molecule has 0 unspecified atom stereocenters. The predicted molar refractivity (Wildman–Crippen MR) is 69.3 cm³/mol. The fraction of sp³-hybridized carbons (Fsp3) is 0.500. The molecule has 18 heavy (non-hydrogen) atoms. The summed E-state index contributed by atoms with van der Waals surface area (Å²) in [5.74, 6) is 2.14. The van der Waals surface area contributed by atoms with Crippen LogP contribution in [0.5, 0.6) is 0 Å². The molecule has 0 aliphatic heterocycles. The number of imidazole rings is 1. The zero-order chi connectivity index (χ0) is 12.4. The minimum Gasteiger partial charge on any atom is -0.467 e. The van der Waals surface area contributed by atoms with Crippen molar-refractivity contribution in [2.75, 3.05) is 0 Å². The normalized spacial score (nSPS) is 15.2. The molecule has 0 atom stereocenters. The van der Waals surface area contributed by atoms with Gasteiger partial charge in [0.1, 0.15) is 11.6 Å². The van der Waals surface area contributed by atoms with Crippen LogP contribution < -0.4 is 5.32 Å². The van der Waals surface area contributed by atoms with Crippen LogP contribution in [0.25, 0.3) is 0 Å². The summed E-state index contributed by atoms with van der Waals surface area (Å²) in [6, 6.07) is 2.79. The van der Waals surface area contributed by atoms with E-state index in [0.29, 0.717) is 0 Å². The maximum Gasteiger partial charge on any atom is 0.127 e. The average Bonchev–Trinajstić information content (AvgIpc) is 2.94. The van der Waals surface area contributed by atoms with Crippen molar-refractivity contribution >= 4 is 0 Å². The molecule has 0 bridgehead atoms. The highest BCUT2D eigenvalue weighted by Gasteiger charge is 2.21. The first-order valence-corrected chi connectivity index (χ1v) is 6.65. The van der Waals surface area contributed by atoms with Crippen molar-refractivity contribution in [3.63, 3.8) is 0 Å². The van der Waals surface area contributed by atoms with E-state index >= 15 is 0 Å². The molecule has 1 aliphatic rings. The van der Waals surface area contributed by atoms with Crippen molar-refractivity contribution in [1.29, 1.82) is 0 Å². The van der Waals surface area contributed by atoms with Gasteiger partial charge in [-0.25, -0.2) is 4.98 Å². The van der Waals surface area contributed by atoms with Gasteiger partial charge in [0, 0.05) is 37.0 Å². The molecule has 0 radical (unpaired) electrons. The number of hydrogen-bond acceptors (Lipinski definition) is 3. The molecule has 96 valence electrons. The van der Waals surface area contributed by atoms with E-state index in [1.807, 2.05) is 12.4 Å². The molecule has 4 nitrogen and oxygen atoms in total. The van der Waals surface area contributed by atoms with E-state index in [-0.39, 0.29) is 0 Å². The zero-order valence-electron chi connectivity index (χ0n) is 10.7. The SMILES string of the molecule is CCc1nccn1Cc1occc1CNC1CC1. The number of furan rings is 1. The highest BCUT2D eigenvalue weighted by molar-refractivity contribution is 5.18. The minimum absolute atomic E-state index is 0.729. The summed E-state index contributed by atoms with van der Waals surface area (Å²) in [5.41, 5.74) is 1.26. The second-order valence-corrected chi connectivity index (χ2v) is 4.85. The van der Waals surface area contributed by atoms with Crippen molar-refractivity contribution in [1.82, 2.24) is 14.9 Å².